The van der Waals surface area contributed by atoms with Gasteiger partial charge in [0.05, 0.1) is 25.2 Å². The predicted octanol–water partition coefficient (Wildman–Crippen LogP) is 2.00. The van der Waals surface area contributed by atoms with Gasteiger partial charge in [-0.25, -0.2) is 0 Å². The fraction of sp³-hybridized carbons (Fsp3) is 0.333. The van der Waals surface area contributed by atoms with E-state index >= 15 is 0 Å². The number of rotatable bonds is 2. The van der Waals surface area contributed by atoms with Crippen molar-refractivity contribution in [2.24, 2.45) is 4.99 Å². The summed E-state index contributed by atoms with van der Waals surface area (Å²) in [4.78, 5) is 18.9. The smallest absolute Gasteiger partial charge is 0.286 e. The Kier molecular flexibility index (Phi) is 4.26. The van der Waals surface area contributed by atoms with E-state index in [1.165, 1.54) is 11.8 Å². The summed E-state index contributed by atoms with van der Waals surface area (Å²) in [6, 6.07) is 7.62. The highest BCUT2D eigenvalue weighted by Crippen LogP contribution is 2.31. The normalized spacial score (nSPS) is 20.8. The highest BCUT2D eigenvalue weighted by Gasteiger charge is 2.27. The molecule has 0 bridgehead atoms. The number of carbonyl (C=O) groups excluding carboxylic acids is 1. The fourth-order valence-electron chi connectivity index (χ4n) is 2.17. The molecule has 0 radical (unpaired) electrons. The maximum Gasteiger partial charge on any atom is 0.286 e. The van der Waals surface area contributed by atoms with Crippen LogP contribution in [-0.2, 0) is 9.53 Å². The zero-order valence-corrected chi connectivity index (χ0v) is 12.6. The summed E-state index contributed by atoms with van der Waals surface area (Å²) < 4.78 is 10.5. The lowest BCUT2D eigenvalue weighted by Crippen LogP contribution is -2.38. The van der Waals surface area contributed by atoms with Crippen LogP contribution in [0.15, 0.2) is 34.2 Å². The number of ether oxygens (including phenoxy) is 2. The van der Waals surface area contributed by atoms with E-state index in [1.807, 2.05) is 30.3 Å². The third kappa shape index (κ3) is 3.28. The van der Waals surface area contributed by atoms with Gasteiger partial charge >= 0.3 is 0 Å². The highest BCUT2D eigenvalue weighted by molar-refractivity contribution is 8.18. The predicted molar refractivity (Wildman–Crippen MR) is 83.4 cm³/mol. The Hall–Kier alpha value is -1.79. The Labute approximate surface area is 127 Å². The summed E-state index contributed by atoms with van der Waals surface area (Å²) in [5.74, 6) is 0.596. The SMILES string of the molecule is COc1cccc(/C=C2\SC(N3CCOCC3)=NC2=O)c1. The summed E-state index contributed by atoms with van der Waals surface area (Å²) in [6.07, 6.45) is 1.85. The van der Waals surface area contributed by atoms with Crippen LogP contribution in [0, 0.1) is 0 Å². The molecule has 3 rings (SSSR count). The number of benzene rings is 1. The fourth-order valence-corrected chi connectivity index (χ4v) is 3.14. The second kappa shape index (κ2) is 6.32. The lowest BCUT2D eigenvalue weighted by atomic mass is 10.2. The van der Waals surface area contributed by atoms with Crippen LogP contribution < -0.4 is 4.74 Å². The summed E-state index contributed by atoms with van der Waals surface area (Å²) in [6.45, 7) is 2.93. The van der Waals surface area contributed by atoms with E-state index < -0.39 is 0 Å². The lowest BCUT2D eigenvalue weighted by molar-refractivity contribution is -0.113. The van der Waals surface area contributed by atoms with Crippen LogP contribution >= 0.6 is 11.8 Å². The zero-order chi connectivity index (χ0) is 14.7. The molecule has 0 aromatic heterocycles. The molecule has 21 heavy (non-hydrogen) atoms. The van der Waals surface area contributed by atoms with Crippen molar-refractivity contribution in [3.8, 4) is 5.75 Å². The largest absolute Gasteiger partial charge is 0.497 e. The van der Waals surface area contributed by atoms with Crippen LogP contribution in [0.3, 0.4) is 0 Å². The van der Waals surface area contributed by atoms with Gasteiger partial charge in [0, 0.05) is 13.1 Å². The van der Waals surface area contributed by atoms with Gasteiger partial charge in [0.15, 0.2) is 5.17 Å². The van der Waals surface area contributed by atoms with Gasteiger partial charge < -0.3 is 14.4 Å². The number of amidine groups is 1. The van der Waals surface area contributed by atoms with E-state index in [-0.39, 0.29) is 5.91 Å². The Bertz CT molecular complexity index is 607. The molecule has 1 amide bonds. The minimum absolute atomic E-state index is 0.177. The standard InChI is InChI=1S/C15H16N2O3S/c1-19-12-4-2-3-11(9-12)10-13-14(18)16-15(21-13)17-5-7-20-8-6-17/h2-4,9-10H,5-8H2,1H3/b13-10-. The van der Waals surface area contributed by atoms with Crippen molar-refractivity contribution in [1.82, 2.24) is 4.90 Å². The van der Waals surface area contributed by atoms with E-state index in [2.05, 4.69) is 9.89 Å². The zero-order valence-electron chi connectivity index (χ0n) is 11.7. The molecule has 5 nitrogen and oxygen atoms in total. The van der Waals surface area contributed by atoms with Gasteiger partial charge in [-0.15, -0.1) is 0 Å². The molecule has 0 saturated carbocycles. The number of thioether (sulfide) groups is 1. The van der Waals surface area contributed by atoms with Crippen molar-refractivity contribution in [2.45, 2.75) is 0 Å². The number of hydrogen-bond donors (Lipinski definition) is 0. The number of amides is 1. The Morgan fingerprint density at radius 1 is 1.38 bits per heavy atom. The molecule has 0 atom stereocenters. The molecule has 0 spiro atoms. The van der Waals surface area contributed by atoms with Crippen molar-refractivity contribution < 1.29 is 14.3 Å². The van der Waals surface area contributed by atoms with Crippen molar-refractivity contribution in [2.75, 3.05) is 33.4 Å². The average molecular weight is 304 g/mol. The number of hydrogen-bond acceptors (Lipinski definition) is 5. The third-order valence-electron chi connectivity index (χ3n) is 3.28. The quantitative estimate of drug-likeness (QED) is 0.782. The molecule has 110 valence electrons. The molecule has 1 saturated heterocycles. The number of carbonyl (C=O) groups is 1. The average Bonchev–Trinajstić information content (AvgIpc) is 2.89. The third-order valence-corrected chi connectivity index (χ3v) is 4.33. The first kappa shape index (κ1) is 14.2. The van der Waals surface area contributed by atoms with E-state index in [9.17, 15) is 4.79 Å². The summed E-state index contributed by atoms with van der Waals surface area (Å²) >= 11 is 1.42. The Morgan fingerprint density at radius 2 is 2.19 bits per heavy atom. The summed E-state index contributed by atoms with van der Waals surface area (Å²) in [5, 5.41) is 0.775. The van der Waals surface area contributed by atoms with Crippen molar-refractivity contribution in [1.29, 1.82) is 0 Å². The van der Waals surface area contributed by atoms with Crippen LogP contribution in [0.1, 0.15) is 5.56 Å². The molecule has 0 N–H and O–H groups in total. The molecule has 2 aliphatic rings. The van der Waals surface area contributed by atoms with Crippen molar-refractivity contribution >= 4 is 28.9 Å². The topological polar surface area (TPSA) is 51.1 Å². The highest BCUT2D eigenvalue weighted by atomic mass is 32.2. The van der Waals surface area contributed by atoms with Crippen molar-refractivity contribution in [3.63, 3.8) is 0 Å². The van der Waals surface area contributed by atoms with E-state index in [0.717, 1.165) is 29.6 Å². The number of methoxy groups -OCH3 is 1. The summed E-state index contributed by atoms with van der Waals surface area (Å²) in [5.41, 5.74) is 0.934. The number of nitrogens with zero attached hydrogens (tertiary/aromatic N) is 2. The number of aliphatic imine (C=N–C) groups is 1. The second-order valence-corrected chi connectivity index (χ2v) is 5.70. The molecule has 6 heteroatoms. The molecule has 1 fully saturated rings. The van der Waals surface area contributed by atoms with Crippen LogP contribution in [0.5, 0.6) is 5.75 Å². The number of morpholine rings is 1. The van der Waals surface area contributed by atoms with Crippen molar-refractivity contribution in [3.05, 3.63) is 34.7 Å². The molecular weight excluding hydrogens is 288 g/mol. The van der Waals surface area contributed by atoms with Crippen LogP contribution in [0.4, 0.5) is 0 Å². The maximum absolute atomic E-state index is 12.0. The van der Waals surface area contributed by atoms with Gasteiger partial charge in [0.25, 0.3) is 5.91 Å². The maximum atomic E-state index is 12.0. The minimum Gasteiger partial charge on any atom is -0.497 e. The Morgan fingerprint density at radius 3 is 2.95 bits per heavy atom. The molecule has 1 aromatic rings. The van der Waals surface area contributed by atoms with Gasteiger partial charge in [-0.3, -0.25) is 4.79 Å². The van der Waals surface area contributed by atoms with Gasteiger partial charge in [0.1, 0.15) is 5.75 Å². The first-order valence-corrected chi connectivity index (χ1v) is 7.57. The first-order chi connectivity index (χ1) is 10.3. The van der Waals surface area contributed by atoms with E-state index in [1.54, 1.807) is 7.11 Å². The monoisotopic (exact) mass is 304 g/mol. The van der Waals surface area contributed by atoms with Crippen LogP contribution in [0.2, 0.25) is 0 Å². The minimum atomic E-state index is -0.177. The molecule has 2 aliphatic heterocycles. The van der Waals surface area contributed by atoms with E-state index in [4.69, 9.17) is 9.47 Å². The Balaban J connectivity index is 1.75. The molecule has 0 aliphatic carbocycles. The molecule has 2 heterocycles. The lowest BCUT2D eigenvalue weighted by Gasteiger charge is -2.27. The summed E-state index contributed by atoms with van der Waals surface area (Å²) in [7, 11) is 1.63. The van der Waals surface area contributed by atoms with Gasteiger partial charge in [-0.05, 0) is 35.5 Å². The van der Waals surface area contributed by atoms with Gasteiger partial charge in [-0.1, -0.05) is 12.1 Å². The van der Waals surface area contributed by atoms with Gasteiger partial charge in [-0.2, -0.15) is 4.99 Å². The van der Waals surface area contributed by atoms with Crippen LogP contribution in [-0.4, -0.2) is 49.4 Å². The van der Waals surface area contributed by atoms with Gasteiger partial charge in [0.2, 0.25) is 0 Å². The first-order valence-electron chi connectivity index (χ1n) is 6.75. The molecule has 0 unspecified atom stereocenters. The molecular formula is C15H16N2O3S. The molecule has 1 aromatic carbocycles. The van der Waals surface area contributed by atoms with Crippen LogP contribution in [0.25, 0.3) is 6.08 Å². The second-order valence-electron chi connectivity index (χ2n) is 4.69. The van der Waals surface area contributed by atoms with E-state index in [0.29, 0.717) is 18.1 Å².